The predicted molar refractivity (Wildman–Crippen MR) is 127 cm³/mol. The molecule has 0 unspecified atom stereocenters. The molecule has 0 fully saturated rings. The number of nitrogens with zero attached hydrogens (tertiary/aromatic N) is 3. The minimum absolute atomic E-state index is 0.435. The summed E-state index contributed by atoms with van der Waals surface area (Å²) < 4.78 is 1.91. The second-order valence-electron chi connectivity index (χ2n) is 8.12. The maximum atomic E-state index is 11.9. The van der Waals surface area contributed by atoms with E-state index in [2.05, 4.69) is 10.6 Å². The fourth-order valence-electron chi connectivity index (χ4n) is 4.32. The second kappa shape index (κ2) is 8.32. The van der Waals surface area contributed by atoms with E-state index in [1.54, 1.807) is 24.3 Å². The number of fused-ring (bicyclic) bond motifs is 2. The summed E-state index contributed by atoms with van der Waals surface area (Å²) in [5.41, 5.74) is 10.1. The number of carbonyl (C=O) groups is 1. The highest BCUT2D eigenvalue weighted by Crippen LogP contribution is 2.32. The van der Waals surface area contributed by atoms with E-state index in [9.17, 15) is 14.8 Å². The number of hydrogen-bond donors (Lipinski definition) is 5. The van der Waals surface area contributed by atoms with E-state index in [1.807, 2.05) is 36.0 Å². The molecule has 33 heavy (non-hydrogen) atoms. The van der Waals surface area contributed by atoms with Gasteiger partial charge < -0.3 is 31.0 Å². The summed E-state index contributed by atoms with van der Waals surface area (Å²) in [5.74, 6) is 0.795. The van der Waals surface area contributed by atoms with Crippen molar-refractivity contribution in [2.75, 3.05) is 5.32 Å². The van der Waals surface area contributed by atoms with Gasteiger partial charge in [0.15, 0.2) is 5.82 Å². The third kappa shape index (κ3) is 3.84. The van der Waals surface area contributed by atoms with Gasteiger partial charge in [-0.2, -0.15) is 0 Å². The van der Waals surface area contributed by atoms with Gasteiger partial charge in [0.1, 0.15) is 5.82 Å². The highest BCUT2D eigenvalue weighted by atomic mass is 16.4. The number of aromatic nitrogens is 3. The van der Waals surface area contributed by atoms with Gasteiger partial charge in [0.25, 0.3) is 0 Å². The van der Waals surface area contributed by atoms with Gasteiger partial charge in [-0.05, 0) is 17.1 Å². The highest BCUT2D eigenvalue weighted by Gasteiger charge is 2.23. The molecule has 5 rings (SSSR count). The molecule has 2 aromatic carbocycles. The Morgan fingerprint density at radius 3 is 2.79 bits per heavy atom. The lowest BCUT2D eigenvalue weighted by Crippen LogP contribution is -2.30. The molecule has 2 aromatic heterocycles. The molecule has 9 nitrogen and oxygen atoms in total. The van der Waals surface area contributed by atoms with E-state index < -0.39 is 13.0 Å². The summed E-state index contributed by atoms with van der Waals surface area (Å²) in [6, 6.07) is 12.6. The standard InChI is InChI=1S/C23H23BN6O3/c1-30-12-18-15(6-3-7-16(18)21(25)31)20(30)23-28-19-11-26-10-17(19)22(29-23)27-9-13-4-2-5-14(8-13)24(32)33/h2-8,12,26,32-33H,9-11H2,1H3,(H2,25,31)(H,27,28,29). The lowest BCUT2D eigenvalue weighted by Gasteiger charge is -2.13. The molecule has 10 heteroatoms. The number of aryl methyl sites for hydroxylation is 1. The van der Waals surface area contributed by atoms with E-state index in [-0.39, 0.29) is 0 Å². The second-order valence-corrected chi connectivity index (χ2v) is 8.12. The molecular formula is C23H23BN6O3. The Hall–Kier alpha value is -3.73. The number of nitrogens with one attached hydrogen (secondary N) is 2. The van der Waals surface area contributed by atoms with Gasteiger partial charge >= 0.3 is 7.12 Å². The van der Waals surface area contributed by atoms with Crippen molar-refractivity contribution in [2.24, 2.45) is 12.8 Å². The third-order valence-corrected chi connectivity index (χ3v) is 5.91. The number of benzene rings is 2. The SMILES string of the molecule is Cn1cc2c(C(N)=O)cccc2c1-c1nc2c(c(NCc3cccc(B(O)O)c3)n1)CNC2. The van der Waals surface area contributed by atoms with Crippen LogP contribution in [0.3, 0.4) is 0 Å². The Kier molecular flexibility index (Phi) is 5.33. The van der Waals surface area contributed by atoms with E-state index >= 15 is 0 Å². The van der Waals surface area contributed by atoms with Crippen LogP contribution in [0.1, 0.15) is 27.2 Å². The Balaban J connectivity index is 1.56. The van der Waals surface area contributed by atoms with E-state index in [1.165, 1.54) is 0 Å². The first-order valence-corrected chi connectivity index (χ1v) is 10.6. The molecule has 0 radical (unpaired) electrons. The third-order valence-electron chi connectivity index (χ3n) is 5.91. The fourth-order valence-corrected chi connectivity index (χ4v) is 4.32. The molecule has 0 bridgehead atoms. The van der Waals surface area contributed by atoms with Gasteiger partial charge in [0.05, 0.1) is 11.4 Å². The molecule has 0 aliphatic carbocycles. The maximum absolute atomic E-state index is 11.9. The maximum Gasteiger partial charge on any atom is 0.488 e. The molecule has 1 aliphatic heterocycles. The number of anilines is 1. The minimum Gasteiger partial charge on any atom is -0.423 e. The van der Waals surface area contributed by atoms with E-state index in [4.69, 9.17) is 15.7 Å². The van der Waals surface area contributed by atoms with Crippen LogP contribution in [0.5, 0.6) is 0 Å². The zero-order valence-corrected chi connectivity index (χ0v) is 18.0. The summed E-state index contributed by atoms with van der Waals surface area (Å²) in [6.45, 7) is 1.76. The lowest BCUT2D eigenvalue weighted by molar-refractivity contribution is 0.100. The monoisotopic (exact) mass is 442 g/mol. The fraction of sp³-hybridized carbons (Fsp3) is 0.174. The Bertz CT molecular complexity index is 1380. The first-order chi connectivity index (χ1) is 15.9. The molecule has 166 valence electrons. The molecule has 0 atom stereocenters. The summed E-state index contributed by atoms with van der Waals surface area (Å²) >= 11 is 0. The first kappa shape index (κ1) is 21.1. The average Bonchev–Trinajstić information content (AvgIpc) is 3.40. The van der Waals surface area contributed by atoms with Crippen molar-refractivity contribution < 1.29 is 14.8 Å². The van der Waals surface area contributed by atoms with Crippen molar-refractivity contribution in [3.8, 4) is 11.5 Å². The number of carbonyl (C=O) groups excluding carboxylic acids is 1. The minimum atomic E-state index is -1.51. The summed E-state index contributed by atoms with van der Waals surface area (Å²) in [7, 11) is 0.383. The van der Waals surface area contributed by atoms with Gasteiger partial charge in [-0.25, -0.2) is 9.97 Å². The van der Waals surface area contributed by atoms with Crippen LogP contribution in [-0.4, -0.2) is 37.6 Å². The Morgan fingerprint density at radius 1 is 1.18 bits per heavy atom. The molecule has 0 saturated heterocycles. The number of amides is 1. The average molecular weight is 442 g/mol. The lowest BCUT2D eigenvalue weighted by atomic mass is 9.79. The highest BCUT2D eigenvalue weighted by molar-refractivity contribution is 6.58. The van der Waals surface area contributed by atoms with Crippen molar-refractivity contribution in [3.05, 3.63) is 71.0 Å². The van der Waals surface area contributed by atoms with E-state index in [0.717, 1.165) is 39.1 Å². The van der Waals surface area contributed by atoms with Gasteiger partial charge in [-0.3, -0.25) is 4.79 Å². The van der Waals surface area contributed by atoms with Crippen LogP contribution < -0.4 is 21.8 Å². The van der Waals surface area contributed by atoms with Gasteiger partial charge in [-0.1, -0.05) is 36.4 Å². The molecule has 3 heterocycles. The largest absolute Gasteiger partial charge is 0.488 e. The molecule has 0 spiro atoms. The Morgan fingerprint density at radius 2 is 2.00 bits per heavy atom. The van der Waals surface area contributed by atoms with Crippen molar-refractivity contribution in [2.45, 2.75) is 19.6 Å². The van der Waals surface area contributed by atoms with Crippen LogP contribution in [0.15, 0.2) is 48.7 Å². The molecule has 1 amide bonds. The van der Waals surface area contributed by atoms with Gasteiger partial charge in [-0.15, -0.1) is 0 Å². The van der Waals surface area contributed by atoms with Crippen LogP contribution >= 0.6 is 0 Å². The number of rotatable bonds is 6. The van der Waals surface area contributed by atoms with Gasteiger partial charge in [0, 0.05) is 54.8 Å². The first-order valence-electron chi connectivity index (χ1n) is 10.6. The molecule has 0 saturated carbocycles. The van der Waals surface area contributed by atoms with Crippen molar-refractivity contribution in [3.63, 3.8) is 0 Å². The van der Waals surface area contributed by atoms with Crippen LogP contribution in [0.4, 0.5) is 5.82 Å². The number of primary amides is 1. The number of hydrogen-bond acceptors (Lipinski definition) is 7. The van der Waals surface area contributed by atoms with Crippen molar-refractivity contribution >= 4 is 35.1 Å². The Labute approximate surface area is 190 Å². The van der Waals surface area contributed by atoms with Crippen LogP contribution in [-0.2, 0) is 26.7 Å². The van der Waals surface area contributed by atoms with Gasteiger partial charge in [0.2, 0.25) is 5.91 Å². The van der Waals surface area contributed by atoms with Crippen LogP contribution in [0.2, 0.25) is 0 Å². The summed E-state index contributed by atoms with van der Waals surface area (Å²) in [5, 5.41) is 27.2. The topological polar surface area (TPSA) is 138 Å². The molecular weight excluding hydrogens is 419 g/mol. The molecule has 4 aromatic rings. The van der Waals surface area contributed by atoms with Crippen molar-refractivity contribution in [1.29, 1.82) is 0 Å². The van der Waals surface area contributed by atoms with E-state index in [0.29, 0.717) is 36.5 Å². The normalized spacial score (nSPS) is 12.7. The van der Waals surface area contributed by atoms with Crippen LogP contribution in [0, 0.1) is 0 Å². The zero-order chi connectivity index (χ0) is 23.1. The molecule has 6 N–H and O–H groups in total. The quantitative estimate of drug-likeness (QED) is 0.276. The summed E-state index contributed by atoms with van der Waals surface area (Å²) in [4.78, 5) is 21.6. The predicted octanol–water partition coefficient (Wildman–Crippen LogP) is 0.629. The molecule has 1 aliphatic rings. The smallest absolute Gasteiger partial charge is 0.423 e. The van der Waals surface area contributed by atoms with Crippen LogP contribution in [0.25, 0.3) is 22.3 Å². The number of nitrogens with two attached hydrogens (primary N) is 1. The zero-order valence-electron chi connectivity index (χ0n) is 18.0. The van der Waals surface area contributed by atoms with Crippen molar-refractivity contribution in [1.82, 2.24) is 19.9 Å². The summed E-state index contributed by atoms with van der Waals surface area (Å²) in [6.07, 6.45) is 1.87.